The fraction of sp³-hybridized carbons (Fsp3) is 0.417. The zero-order chi connectivity index (χ0) is 19.7. The van der Waals surface area contributed by atoms with Crippen LogP contribution in [-0.2, 0) is 16.0 Å². The number of hydrogen-bond donors (Lipinski definition) is 0. The maximum atomic E-state index is 13.3. The van der Waals surface area contributed by atoms with Crippen LogP contribution in [0.1, 0.15) is 36.0 Å². The first-order valence-corrected chi connectivity index (χ1v) is 10.2. The zero-order valence-corrected chi connectivity index (χ0v) is 16.7. The fourth-order valence-electron chi connectivity index (χ4n) is 4.58. The Kier molecular flexibility index (Phi) is 5.21. The van der Waals surface area contributed by atoms with Gasteiger partial charge in [-0.3, -0.25) is 9.59 Å². The Morgan fingerprint density at radius 3 is 2.68 bits per heavy atom. The number of anilines is 1. The molecule has 0 radical (unpaired) electrons. The van der Waals surface area contributed by atoms with Gasteiger partial charge in [0.2, 0.25) is 11.8 Å². The van der Waals surface area contributed by atoms with Crippen molar-refractivity contribution in [1.82, 2.24) is 4.90 Å². The van der Waals surface area contributed by atoms with Gasteiger partial charge in [-0.25, -0.2) is 0 Å². The number of likely N-dealkylation sites (tertiary alicyclic amines) is 1. The molecule has 4 nitrogen and oxygen atoms in total. The Labute approximate surface area is 167 Å². The summed E-state index contributed by atoms with van der Waals surface area (Å²) in [6.45, 7) is 5.56. The molecule has 2 aliphatic rings. The lowest BCUT2D eigenvalue weighted by atomic mass is 9.97. The van der Waals surface area contributed by atoms with Crippen molar-refractivity contribution < 1.29 is 9.59 Å². The SMILES string of the molecule is Cc1ccc(C)c(CC2CCCN2C(=O)C2CC(=O)N(c3ccccc3)C2)c1. The molecule has 2 amide bonds. The van der Waals surface area contributed by atoms with Gasteiger partial charge in [-0.2, -0.15) is 0 Å². The summed E-state index contributed by atoms with van der Waals surface area (Å²) in [5, 5.41) is 0. The van der Waals surface area contributed by atoms with Gasteiger partial charge in [-0.1, -0.05) is 42.0 Å². The summed E-state index contributed by atoms with van der Waals surface area (Å²) in [5.74, 6) is -0.0266. The van der Waals surface area contributed by atoms with Crippen LogP contribution in [0.5, 0.6) is 0 Å². The molecule has 0 spiro atoms. The Morgan fingerprint density at radius 2 is 1.89 bits per heavy atom. The van der Waals surface area contributed by atoms with Crippen LogP contribution in [0, 0.1) is 19.8 Å². The van der Waals surface area contributed by atoms with E-state index in [0.29, 0.717) is 13.0 Å². The summed E-state index contributed by atoms with van der Waals surface area (Å²) in [7, 11) is 0. The van der Waals surface area contributed by atoms with E-state index in [1.807, 2.05) is 35.2 Å². The van der Waals surface area contributed by atoms with E-state index in [1.165, 1.54) is 16.7 Å². The molecule has 0 aromatic heterocycles. The number of benzene rings is 2. The van der Waals surface area contributed by atoms with Gasteiger partial charge in [0.25, 0.3) is 0 Å². The molecule has 4 heteroatoms. The van der Waals surface area contributed by atoms with E-state index in [2.05, 4.69) is 32.0 Å². The zero-order valence-electron chi connectivity index (χ0n) is 16.7. The second-order valence-corrected chi connectivity index (χ2v) is 8.20. The summed E-state index contributed by atoms with van der Waals surface area (Å²) in [4.78, 5) is 29.6. The number of carbonyl (C=O) groups is 2. The standard InChI is InChI=1S/C24H28N2O2/c1-17-10-11-18(2)19(13-17)14-22-9-6-12-25(22)24(28)20-15-23(27)26(16-20)21-7-4-3-5-8-21/h3-5,7-8,10-11,13,20,22H,6,9,12,14-16H2,1-2H3. The summed E-state index contributed by atoms with van der Waals surface area (Å²) < 4.78 is 0. The molecule has 2 fully saturated rings. The predicted molar refractivity (Wildman–Crippen MR) is 111 cm³/mol. The third kappa shape index (κ3) is 3.68. The third-order valence-electron chi connectivity index (χ3n) is 6.16. The Hall–Kier alpha value is -2.62. The van der Waals surface area contributed by atoms with Crippen molar-refractivity contribution in [3.05, 3.63) is 65.2 Å². The van der Waals surface area contributed by atoms with Crippen LogP contribution in [0.4, 0.5) is 5.69 Å². The van der Waals surface area contributed by atoms with E-state index < -0.39 is 0 Å². The summed E-state index contributed by atoms with van der Waals surface area (Å²) in [6, 6.07) is 16.5. The van der Waals surface area contributed by atoms with E-state index in [9.17, 15) is 9.59 Å². The van der Waals surface area contributed by atoms with E-state index in [0.717, 1.165) is 31.5 Å². The van der Waals surface area contributed by atoms with Crippen molar-refractivity contribution in [3.8, 4) is 0 Å². The fourth-order valence-corrected chi connectivity index (χ4v) is 4.58. The first kappa shape index (κ1) is 18.7. The van der Waals surface area contributed by atoms with Crippen LogP contribution in [0.2, 0.25) is 0 Å². The van der Waals surface area contributed by atoms with Gasteiger partial charge >= 0.3 is 0 Å². The van der Waals surface area contributed by atoms with Crippen molar-refractivity contribution in [2.75, 3.05) is 18.0 Å². The van der Waals surface area contributed by atoms with E-state index in [-0.39, 0.29) is 23.8 Å². The second-order valence-electron chi connectivity index (χ2n) is 8.20. The molecule has 0 aliphatic carbocycles. The molecule has 0 bridgehead atoms. The molecule has 2 atom stereocenters. The number of hydrogen-bond acceptors (Lipinski definition) is 2. The molecule has 2 unspecified atom stereocenters. The van der Waals surface area contributed by atoms with Crippen molar-refractivity contribution >= 4 is 17.5 Å². The molecule has 0 N–H and O–H groups in total. The van der Waals surface area contributed by atoms with E-state index >= 15 is 0 Å². The lowest BCUT2D eigenvalue weighted by Gasteiger charge is -2.28. The molecule has 2 aromatic carbocycles. The minimum absolute atomic E-state index is 0.0508. The highest BCUT2D eigenvalue weighted by Gasteiger charge is 2.40. The van der Waals surface area contributed by atoms with Crippen molar-refractivity contribution in [2.45, 2.75) is 45.6 Å². The summed E-state index contributed by atoms with van der Waals surface area (Å²) in [5.41, 5.74) is 4.77. The Balaban J connectivity index is 1.47. The molecule has 2 aromatic rings. The van der Waals surface area contributed by atoms with Crippen molar-refractivity contribution in [2.24, 2.45) is 5.92 Å². The highest BCUT2D eigenvalue weighted by atomic mass is 16.2. The maximum Gasteiger partial charge on any atom is 0.228 e. The molecule has 2 saturated heterocycles. The summed E-state index contributed by atoms with van der Waals surface area (Å²) >= 11 is 0. The predicted octanol–water partition coefficient (Wildman–Crippen LogP) is 3.89. The highest BCUT2D eigenvalue weighted by molar-refractivity contribution is 6.00. The van der Waals surface area contributed by atoms with Crippen molar-refractivity contribution in [3.63, 3.8) is 0 Å². The van der Waals surface area contributed by atoms with Crippen molar-refractivity contribution in [1.29, 1.82) is 0 Å². The first-order valence-electron chi connectivity index (χ1n) is 10.2. The molecule has 2 heterocycles. The highest BCUT2D eigenvalue weighted by Crippen LogP contribution is 2.30. The largest absolute Gasteiger partial charge is 0.339 e. The number of carbonyl (C=O) groups excluding carboxylic acids is 2. The van der Waals surface area contributed by atoms with Crippen LogP contribution >= 0.6 is 0 Å². The molecule has 28 heavy (non-hydrogen) atoms. The van der Waals surface area contributed by atoms with Gasteiger partial charge in [0.05, 0.1) is 5.92 Å². The smallest absolute Gasteiger partial charge is 0.228 e. The van der Waals surface area contributed by atoms with Crippen LogP contribution in [0.25, 0.3) is 0 Å². The average Bonchev–Trinajstić information content (AvgIpc) is 3.31. The lowest BCUT2D eigenvalue weighted by Crippen LogP contribution is -2.41. The number of rotatable bonds is 4. The van der Waals surface area contributed by atoms with Gasteiger partial charge in [-0.05, 0) is 56.4 Å². The van der Waals surface area contributed by atoms with Crippen LogP contribution < -0.4 is 4.90 Å². The van der Waals surface area contributed by atoms with E-state index in [1.54, 1.807) is 4.90 Å². The van der Waals surface area contributed by atoms with Gasteiger partial charge < -0.3 is 9.80 Å². The maximum absolute atomic E-state index is 13.3. The lowest BCUT2D eigenvalue weighted by molar-refractivity contribution is -0.136. The Morgan fingerprint density at radius 1 is 1.11 bits per heavy atom. The molecular formula is C24H28N2O2. The summed E-state index contributed by atoms with van der Waals surface area (Å²) in [6.07, 6.45) is 3.31. The van der Waals surface area contributed by atoms with E-state index in [4.69, 9.17) is 0 Å². The van der Waals surface area contributed by atoms with Crippen LogP contribution in [-0.4, -0.2) is 35.8 Å². The average molecular weight is 377 g/mol. The molecular weight excluding hydrogens is 348 g/mol. The second kappa shape index (κ2) is 7.78. The van der Waals surface area contributed by atoms with Gasteiger partial charge in [0, 0.05) is 31.2 Å². The topological polar surface area (TPSA) is 40.6 Å². The van der Waals surface area contributed by atoms with Crippen LogP contribution in [0.3, 0.4) is 0 Å². The number of nitrogens with zero attached hydrogens (tertiary/aromatic N) is 2. The minimum Gasteiger partial charge on any atom is -0.339 e. The van der Waals surface area contributed by atoms with Gasteiger partial charge in [0.1, 0.15) is 0 Å². The van der Waals surface area contributed by atoms with Crippen LogP contribution in [0.15, 0.2) is 48.5 Å². The minimum atomic E-state index is -0.230. The first-order chi connectivity index (χ1) is 13.5. The van der Waals surface area contributed by atoms with Gasteiger partial charge in [-0.15, -0.1) is 0 Å². The quantitative estimate of drug-likeness (QED) is 0.812. The molecule has 0 saturated carbocycles. The number of para-hydroxylation sites is 1. The number of amides is 2. The number of aryl methyl sites for hydroxylation is 2. The monoisotopic (exact) mass is 376 g/mol. The molecule has 4 rings (SSSR count). The normalized spacial score (nSPS) is 22.1. The van der Waals surface area contributed by atoms with Gasteiger partial charge in [0.15, 0.2) is 0 Å². The Bertz CT molecular complexity index is 877. The molecule has 2 aliphatic heterocycles. The molecule has 146 valence electrons. The third-order valence-corrected chi connectivity index (χ3v) is 6.16.